The summed E-state index contributed by atoms with van der Waals surface area (Å²) in [5.74, 6) is -2.19. The van der Waals surface area contributed by atoms with Crippen LogP contribution in [0.5, 0.6) is 5.75 Å². The van der Waals surface area contributed by atoms with Gasteiger partial charge in [-0.3, -0.25) is 4.79 Å². The molecule has 21 heavy (non-hydrogen) atoms. The van der Waals surface area contributed by atoms with Gasteiger partial charge in [0.1, 0.15) is 5.75 Å². The van der Waals surface area contributed by atoms with E-state index in [4.69, 9.17) is 9.47 Å². The minimum atomic E-state index is -1.01. The first-order chi connectivity index (χ1) is 10.0. The number of hydrogen-bond acceptors (Lipinski definition) is 4. The molecule has 0 fully saturated rings. The van der Waals surface area contributed by atoms with Crippen LogP contribution in [0, 0.1) is 11.6 Å². The van der Waals surface area contributed by atoms with E-state index in [0.29, 0.717) is 26.2 Å². The van der Waals surface area contributed by atoms with Crippen molar-refractivity contribution in [3.05, 3.63) is 29.8 Å². The fourth-order valence-electron chi connectivity index (χ4n) is 1.52. The molecule has 1 amide bonds. The van der Waals surface area contributed by atoms with Crippen LogP contribution in [0.2, 0.25) is 0 Å². The number of nitrogens with one attached hydrogen (secondary N) is 2. The van der Waals surface area contributed by atoms with Crippen LogP contribution >= 0.6 is 0 Å². The summed E-state index contributed by atoms with van der Waals surface area (Å²) in [5, 5.41) is 5.74. The van der Waals surface area contributed by atoms with E-state index in [1.807, 2.05) is 0 Å². The number of carbonyl (C=O) groups is 1. The molecular weight excluding hydrogens is 282 g/mol. The molecule has 1 atom stereocenters. The minimum Gasteiger partial charge on any atom is -0.481 e. The molecule has 1 unspecified atom stereocenters. The molecule has 1 aromatic rings. The average Bonchev–Trinajstić information content (AvgIpc) is 2.46. The molecule has 0 radical (unpaired) electrons. The second-order valence-electron chi connectivity index (χ2n) is 4.37. The average molecular weight is 302 g/mol. The Bertz CT molecular complexity index is 458. The molecule has 1 rings (SSSR count). The summed E-state index contributed by atoms with van der Waals surface area (Å²) in [7, 11) is 1.61. The van der Waals surface area contributed by atoms with Gasteiger partial charge >= 0.3 is 0 Å². The lowest BCUT2D eigenvalue weighted by Crippen LogP contribution is -2.40. The molecule has 0 bridgehead atoms. The minimum absolute atomic E-state index is 0.106. The summed E-state index contributed by atoms with van der Waals surface area (Å²) in [5.41, 5.74) is 0. The number of carbonyl (C=O) groups excluding carboxylic acids is 1. The van der Waals surface area contributed by atoms with Crippen LogP contribution < -0.4 is 15.4 Å². The normalized spacial score (nSPS) is 12.0. The fraction of sp³-hybridized carbons (Fsp3) is 0.500. The van der Waals surface area contributed by atoms with Gasteiger partial charge in [-0.2, -0.15) is 0 Å². The highest BCUT2D eigenvalue weighted by molar-refractivity contribution is 5.80. The van der Waals surface area contributed by atoms with Gasteiger partial charge in [0, 0.05) is 32.8 Å². The topological polar surface area (TPSA) is 59.6 Å². The third-order valence-corrected chi connectivity index (χ3v) is 2.66. The van der Waals surface area contributed by atoms with Crippen LogP contribution in [0.4, 0.5) is 8.78 Å². The number of rotatable bonds is 9. The molecule has 0 saturated heterocycles. The standard InChI is InChI=1S/C14H20F2N2O3/c1-10(14(19)18-6-5-17-7-8-20-2)21-11-3-4-12(15)13(16)9-11/h3-4,9-10,17H,5-8H2,1-2H3,(H,18,19). The molecule has 1 aromatic carbocycles. The second-order valence-corrected chi connectivity index (χ2v) is 4.37. The van der Waals surface area contributed by atoms with Gasteiger partial charge in [0.05, 0.1) is 6.61 Å². The Morgan fingerprint density at radius 2 is 2.00 bits per heavy atom. The number of benzene rings is 1. The number of methoxy groups -OCH3 is 1. The van der Waals surface area contributed by atoms with Crippen molar-refractivity contribution in [2.24, 2.45) is 0 Å². The van der Waals surface area contributed by atoms with E-state index < -0.39 is 17.7 Å². The van der Waals surface area contributed by atoms with Gasteiger partial charge in [0.2, 0.25) is 0 Å². The van der Waals surface area contributed by atoms with E-state index >= 15 is 0 Å². The molecule has 0 aliphatic carbocycles. The van der Waals surface area contributed by atoms with Crippen LogP contribution in [0.15, 0.2) is 18.2 Å². The monoisotopic (exact) mass is 302 g/mol. The van der Waals surface area contributed by atoms with Crippen molar-refractivity contribution in [2.45, 2.75) is 13.0 Å². The molecule has 118 valence electrons. The third-order valence-electron chi connectivity index (χ3n) is 2.66. The van der Waals surface area contributed by atoms with Crippen molar-refractivity contribution < 1.29 is 23.0 Å². The predicted molar refractivity (Wildman–Crippen MR) is 74.2 cm³/mol. The van der Waals surface area contributed by atoms with Crippen molar-refractivity contribution in [1.29, 1.82) is 0 Å². The maximum absolute atomic E-state index is 13.0. The Kier molecular flexibility index (Phi) is 7.63. The molecule has 0 aromatic heterocycles. The Morgan fingerprint density at radius 3 is 2.67 bits per heavy atom. The first-order valence-electron chi connectivity index (χ1n) is 6.63. The van der Waals surface area contributed by atoms with E-state index in [0.717, 1.165) is 12.1 Å². The highest BCUT2D eigenvalue weighted by Gasteiger charge is 2.14. The Balaban J connectivity index is 2.29. The predicted octanol–water partition coefficient (Wildman–Crippen LogP) is 1.08. The molecule has 0 aliphatic rings. The lowest BCUT2D eigenvalue weighted by atomic mass is 10.3. The highest BCUT2D eigenvalue weighted by atomic mass is 19.2. The molecule has 0 heterocycles. The largest absolute Gasteiger partial charge is 0.481 e. The second kappa shape index (κ2) is 9.25. The molecular formula is C14H20F2N2O3. The van der Waals surface area contributed by atoms with Gasteiger partial charge in [-0.1, -0.05) is 0 Å². The SMILES string of the molecule is COCCNCCNC(=O)C(C)Oc1ccc(F)c(F)c1. The zero-order valence-corrected chi connectivity index (χ0v) is 12.1. The number of halogens is 2. The van der Waals surface area contributed by atoms with E-state index in [2.05, 4.69) is 10.6 Å². The smallest absolute Gasteiger partial charge is 0.260 e. The van der Waals surface area contributed by atoms with Crippen LogP contribution in [0.1, 0.15) is 6.92 Å². The molecule has 0 spiro atoms. The van der Waals surface area contributed by atoms with Crippen LogP contribution in [0.3, 0.4) is 0 Å². The fourth-order valence-corrected chi connectivity index (χ4v) is 1.52. The molecule has 7 heteroatoms. The van der Waals surface area contributed by atoms with Crippen molar-refractivity contribution in [2.75, 3.05) is 33.4 Å². The first-order valence-corrected chi connectivity index (χ1v) is 6.63. The zero-order chi connectivity index (χ0) is 15.7. The molecule has 0 saturated carbocycles. The maximum Gasteiger partial charge on any atom is 0.260 e. The summed E-state index contributed by atoms with van der Waals surface area (Å²) in [6.45, 7) is 3.88. The van der Waals surface area contributed by atoms with Crippen LogP contribution in [-0.2, 0) is 9.53 Å². The lowest BCUT2D eigenvalue weighted by Gasteiger charge is -2.15. The summed E-state index contributed by atoms with van der Waals surface area (Å²) < 4.78 is 35.9. The summed E-state index contributed by atoms with van der Waals surface area (Å²) in [4.78, 5) is 11.7. The van der Waals surface area contributed by atoms with Crippen molar-refractivity contribution >= 4 is 5.91 Å². The molecule has 2 N–H and O–H groups in total. The van der Waals surface area contributed by atoms with Crippen molar-refractivity contribution in [3.63, 3.8) is 0 Å². The third kappa shape index (κ3) is 6.50. The quantitative estimate of drug-likeness (QED) is 0.670. The Labute approximate surface area is 122 Å². The van der Waals surface area contributed by atoms with Crippen LogP contribution in [0.25, 0.3) is 0 Å². The van der Waals surface area contributed by atoms with E-state index in [9.17, 15) is 13.6 Å². The van der Waals surface area contributed by atoms with Gasteiger partial charge < -0.3 is 20.1 Å². The van der Waals surface area contributed by atoms with Gasteiger partial charge in [-0.25, -0.2) is 8.78 Å². The van der Waals surface area contributed by atoms with Crippen molar-refractivity contribution in [3.8, 4) is 5.75 Å². The summed E-state index contributed by atoms with van der Waals surface area (Å²) in [6.07, 6.45) is -0.797. The lowest BCUT2D eigenvalue weighted by molar-refractivity contribution is -0.127. The van der Waals surface area contributed by atoms with Crippen molar-refractivity contribution in [1.82, 2.24) is 10.6 Å². The van der Waals surface area contributed by atoms with E-state index in [-0.39, 0.29) is 11.7 Å². The molecule has 5 nitrogen and oxygen atoms in total. The number of ether oxygens (including phenoxy) is 2. The van der Waals surface area contributed by atoms with E-state index in [1.165, 1.54) is 13.0 Å². The summed E-state index contributed by atoms with van der Waals surface area (Å²) in [6, 6.07) is 3.13. The first kappa shape index (κ1) is 17.3. The van der Waals surface area contributed by atoms with Gasteiger partial charge in [0.25, 0.3) is 5.91 Å². The number of hydrogen-bond donors (Lipinski definition) is 2. The number of amides is 1. The van der Waals surface area contributed by atoms with Gasteiger partial charge in [-0.05, 0) is 19.1 Å². The van der Waals surface area contributed by atoms with Gasteiger partial charge in [-0.15, -0.1) is 0 Å². The zero-order valence-electron chi connectivity index (χ0n) is 12.1. The highest BCUT2D eigenvalue weighted by Crippen LogP contribution is 2.16. The summed E-state index contributed by atoms with van der Waals surface area (Å²) >= 11 is 0. The maximum atomic E-state index is 13.0. The molecule has 0 aliphatic heterocycles. The Morgan fingerprint density at radius 1 is 1.24 bits per heavy atom. The van der Waals surface area contributed by atoms with Gasteiger partial charge in [0.15, 0.2) is 17.7 Å². The van der Waals surface area contributed by atoms with E-state index in [1.54, 1.807) is 7.11 Å². The van der Waals surface area contributed by atoms with Crippen LogP contribution in [-0.4, -0.2) is 45.4 Å². The Hall–Kier alpha value is -1.73.